The molecule has 1 aromatic carbocycles. The van der Waals surface area contributed by atoms with Gasteiger partial charge in [-0.15, -0.1) is 0 Å². The molecule has 0 radical (unpaired) electrons. The van der Waals surface area contributed by atoms with Crippen LogP contribution in [-0.4, -0.2) is 42.5 Å². The molecular weight excluding hydrogens is 268 g/mol. The second-order valence-corrected chi connectivity index (χ2v) is 5.40. The maximum absolute atomic E-state index is 11.7. The van der Waals surface area contributed by atoms with E-state index >= 15 is 0 Å². The molecule has 114 valence electrons. The van der Waals surface area contributed by atoms with Gasteiger partial charge in [0.2, 0.25) is 5.91 Å². The van der Waals surface area contributed by atoms with Crippen molar-refractivity contribution >= 4 is 11.8 Å². The van der Waals surface area contributed by atoms with Gasteiger partial charge in [0.25, 0.3) is 5.91 Å². The molecule has 5 heteroatoms. The molecule has 1 aromatic rings. The van der Waals surface area contributed by atoms with Crippen molar-refractivity contribution in [2.24, 2.45) is 0 Å². The minimum atomic E-state index is -0.171. The summed E-state index contributed by atoms with van der Waals surface area (Å²) in [6.07, 6.45) is 2.15. The van der Waals surface area contributed by atoms with E-state index in [1.807, 2.05) is 36.1 Å². The lowest BCUT2D eigenvalue weighted by Gasteiger charge is -2.20. The Balaban J connectivity index is 1.65. The minimum absolute atomic E-state index is 0.00738. The van der Waals surface area contributed by atoms with Gasteiger partial charge in [0.05, 0.1) is 0 Å². The third kappa shape index (κ3) is 5.10. The van der Waals surface area contributed by atoms with Crippen LogP contribution in [0.25, 0.3) is 0 Å². The van der Waals surface area contributed by atoms with Crippen molar-refractivity contribution in [2.75, 3.05) is 19.7 Å². The van der Waals surface area contributed by atoms with Crippen molar-refractivity contribution in [1.82, 2.24) is 10.2 Å². The van der Waals surface area contributed by atoms with E-state index < -0.39 is 0 Å². The first-order chi connectivity index (χ1) is 10.1. The van der Waals surface area contributed by atoms with Crippen molar-refractivity contribution in [1.29, 1.82) is 0 Å². The number of hydrogen-bond donors (Lipinski definition) is 1. The largest absolute Gasteiger partial charge is 0.484 e. The molecule has 0 unspecified atom stereocenters. The summed E-state index contributed by atoms with van der Waals surface area (Å²) in [6, 6.07) is 7.94. The molecule has 0 aromatic heterocycles. The van der Waals surface area contributed by atoms with Gasteiger partial charge >= 0.3 is 0 Å². The van der Waals surface area contributed by atoms with E-state index in [4.69, 9.17) is 4.74 Å². The Hall–Kier alpha value is -2.04. The molecule has 1 aliphatic carbocycles. The number of carbonyl (C=O) groups is 2. The number of benzene rings is 1. The average Bonchev–Trinajstić information content (AvgIpc) is 3.27. The molecule has 2 amide bonds. The summed E-state index contributed by atoms with van der Waals surface area (Å²) in [6.45, 7) is 4.59. The van der Waals surface area contributed by atoms with Gasteiger partial charge in [0, 0.05) is 26.1 Å². The number of aryl methyl sites for hydroxylation is 1. The van der Waals surface area contributed by atoms with Crippen LogP contribution < -0.4 is 10.1 Å². The van der Waals surface area contributed by atoms with Gasteiger partial charge in [-0.3, -0.25) is 9.59 Å². The van der Waals surface area contributed by atoms with E-state index in [0.717, 1.165) is 18.4 Å². The van der Waals surface area contributed by atoms with Crippen molar-refractivity contribution in [2.45, 2.75) is 32.7 Å². The number of rotatable bonds is 7. The van der Waals surface area contributed by atoms with Crippen LogP contribution in [0.4, 0.5) is 0 Å². The molecule has 0 spiro atoms. The zero-order valence-corrected chi connectivity index (χ0v) is 12.6. The Bertz CT molecular complexity index is 495. The zero-order chi connectivity index (χ0) is 15.2. The summed E-state index contributed by atoms with van der Waals surface area (Å²) in [5.74, 6) is 0.580. The lowest BCUT2D eigenvalue weighted by molar-refractivity contribution is -0.130. The van der Waals surface area contributed by atoms with E-state index in [1.54, 1.807) is 6.92 Å². The Morgan fingerprint density at radius 1 is 1.29 bits per heavy atom. The Labute approximate surface area is 125 Å². The summed E-state index contributed by atoms with van der Waals surface area (Å²) in [5.41, 5.74) is 1.15. The summed E-state index contributed by atoms with van der Waals surface area (Å²) >= 11 is 0. The Morgan fingerprint density at radius 2 is 1.95 bits per heavy atom. The van der Waals surface area contributed by atoms with Gasteiger partial charge < -0.3 is 15.0 Å². The summed E-state index contributed by atoms with van der Waals surface area (Å²) in [5, 5.41) is 2.77. The molecule has 0 bridgehead atoms. The number of hydrogen-bond acceptors (Lipinski definition) is 3. The van der Waals surface area contributed by atoms with Gasteiger partial charge in [-0.25, -0.2) is 0 Å². The molecule has 1 saturated carbocycles. The van der Waals surface area contributed by atoms with Crippen molar-refractivity contribution in [3.05, 3.63) is 29.8 Å². The first-order valence-electron chi connectivity index (χ1n) is 7.29. The molecular formula is C16H22N2O3. The minimum Gasteiger partial charge on any atom is -0.484 e. The van der Waals surface area contributed by atoms with E-state index in [9.17, 15) is 9.59 Å². The first-order valence-corrected chi connectivity index (χ1v) is 7.29. The molecule has 0 atom stereocenters. The number of amides is 2. The Morgan fingerprint density at radius 3 is 2.52 bits per heavy atom. The molecule has 1 N–H and O–H groups in total. The highest BCUT2D eigenvalue weighted by atomic mass is 16.5. The summed E-state index contributed by atoms with van der Waals surface area (Å²) in [7, 11) is 0. The van der Waals surface area contributed by atoms with Crippen molar-refractivity contribution in [3.63, 3.8) is 0 Å². The third-order valence-electron chi connectivity index (χ3n) is 3.46. The van der Waals surface area contributed by atoms with Crippen LogP contribution in [0.2, 0.25) is 0 Å². The van der Waals surface area contributed by atoms with Crippen molar-refractivity contribution < 1.29 is 14.3 Å². The summed E-state index contributed by atoms with van der Waals surface area (Å²) < 4.78 is 5.39. The van der Waals surface area contributed by atoms with Crippen LogP contribution in [0, 0.1) is 6.92 Å². The van der Waals surface area contributed by atoms with Gasteiger partial charge in [-0.05, 0) is 31.9 Å². The fourth-order valence-corrected chi connectivity index (χ4v) is 2.13. The van der Waals surface area contributed by atoms with Crippen LogP contribution in [0.15, 0.2) is 24.3 Å². The van der Waals surface area contributed by atoms with Crippen LogP contribution >= 0.6 is 0 Å². The highest BCUT2D eigenvalue weighted by Gasteiger charge is 2.30. The van der Waals surface area contributed by atoms with Crippen LogP contribution in [-0.2, 0) is 9.59 Å². The average molecular weight is 290 g/mol. The molecule has 2 rings (SSSR count). The SMILES string of the molecule is CC(=O)N(CCNC(=O)COc1ccc(C)cc1)C1CC1. The maximum atomic E-state index is 11.7. The van der Waals surface area contributed by atoms with Gasteiger partial charge in [-0.2, -0.15) is 0 Å². The second-order valence-electron chi connectivity index (χ2n) is 5.40. The predicted molar refractivity (Wildman–Crippen MR) is 80.1 cm³/mol. The highest BCUT2D eigenvalue weighted by Crippen LogP contribution is 2.26. The number of nitrogens with zero attached hydrogens (tertiary/aromatic N) is 1. The number of nitrogens with one attached hydrogen (secondary N) is 1. The first kappa shape index (κ1) is 15.4. The van der Waals surface area contributed by atoms with Gasteiger partial charge in [0.15, 0.2) is 6.61 Å². The van der Waals surface area contributed by atoms with Crippen molar-refractivity contribution in [3.8, 4) is 5.75 Å². The highest BCUT2D eigenvalue weighted by molar-refractivity contribution is 5.77. The molecule has 0 heterocycles. The normalized spacial score (nSPS) is 13.6. The third-order valence-corrected chi connectivity index (χ3v) is 3.46. The number of ether oxygens (including phenoxy) is 1. The molecule has 0 saturated heterocycles. The standard InChI is InChI=1S/C16H22N2O3/c1-12-3-7-15(8-4-12)21-11-16(20)17-9-10-18(13(2)19)14-5-6-14/h3-4,7-8,14H,5-6,9-11H2,1-2H3,(H,17,20). The fourth-order valence-electron chi connectivity index (χ4n) is 2.13. The molecule has 1 aliphatic rings. The van der Waals surface area contributed by atoms with Gasteiger partial charge in [0.1, 0.15) is 5.75 Å². The van der Waals surface area contributed by atoms with E-state index in [0.29, 0.717) is 24.9 Å². The molecule has 1 fully saturated rings. The smallest absolute Gasteiger partial charge is 0.258 e. The number of carbonyl (C=O) groups excluding carboxylic acids is 2. The van der Waals surface area contributed by atoms with Crippen LogP contribution in [0.1, 0.15) is 25.3 Å². The summed E-state index contributed by atoms with van der Waals surface area (Å²) in [4.78, 5) is 24.9. The lowest BCUT2D eigenvalue weighted by Crippen LogP contribution is -2.40. The van der Waals surface area contributed by atoms with E-state index in [2.05, 4.69) is 5.32 Å². The molecule has 21 heavy (non-hydrogen) atoms. The Kier molecular flexibility index (Phi) is 5.20. The second kappa shape index (κ2) is 7.11. The zero-order valence-electron chi connectivity index (χ0n) is 12.6. The molecule has 0 aliphatic heterocycles. The lowest BCUT2D eigenvalue weighted by atomic mass is 10.2. The molecule has 5 nitrogen and oxygen atoms in total. The monoisotopic (exact) mass is 290 g/mol. The van der Waals surface area contributed by atoms with E-state index in [-0.39, 0.29) is 18.4 Å². The van der Waals surface area contributed by atoms with Crippen LogP contribution in [0.5, 0.6) is 5.75 Å². The topological polar surface area (TPSA) is 58.6 Å². The van der Waals surface area contributed by atoms with Crippen LogP contribution in [0.3, 0.4) is 0 Å². The van der Waals surface area contributed by atoms with Gasteiger partial charge in [-0.1, -0.05) is 17.7 Å². The fraction of sp³-hybridized carbons (Fsp3) is 0.500. The maximum Gasteiger partial charge on any atom is 0.258 e. The quantitative estimate of drug-likeness (QED) is 0.828. The predicted octanol–water partition coefficient (Wildman–Crippen LogP) is 1.50. The van der Waals surface area contributed by atoms with E-state index in [1.165, 1.54) is 0 Å².